The van der Waals surface area contributed by atoms with E-state index in [1.807, 2.05) is 24.9 Å². The van der Waals surface area contributed by atoms with Gasteiger partial charge in [0.25, 0.3) is 0 Å². The lowest BCUT2D eigenvalue weighted by Crippen LogP contribution is -2.43. The van der Waals surface area contributed by atoms with Crippen molar-refractivity contribution >= 4 is 11.8 Å². The molecule has 0 saturated carbocycles. The molecule has 0 radical (unpaired) electrons. The van der Waals surface area contributed by atoms with Gasteiger partial charge in [0.2, 0.25) is 0 Å². The molecule has 0 aromatic rings. The second-order valence-electron chi connectivity index (χ2n) is 3.60. The smallest absolute Gasteiger partial charge is 0.0818 e. The van der Waals surface area contributed by atoms with E-state index >= 15 is 0 Å². The third-order valence-electron chi connectivity index (χ3n) is 2.58. The molecule has 1 heterocycles. The average molecular weight is 215 g/mol. The standard InChI is InChI=1S/C11H21NOS/c1-3-4-5-6-10(12-2)11-9-14-8-7-13-11/h3,10-12H,1,4-9H2,2H3. The molecule has 1 fully saturated rings. The normalized spacial score (nSPS) is 24.5. The van der Waals surface area contributed by atoms with Crippen LogP contribution in [0.1, 0.15) is 19.3 Å². The summed E-state index contributed by atoms with van der Waals surface area (Å²) in [5.41, 5.74) is 0. The zero-order valence-electron chi connectivity index (χ0n) is 9.00. The summed E-state index contributed by atoms with van der Waals surface area (Å²) in [6.45, 7) is 4.65. The summed E-state index contributed by atoms with van der Waals surface area (Å²) in [5, 5.41) is 3.36. The number of rotatable bonds is 6. The third-order valence-corrected chi connectivity index (χ3v) is 3.60. The van der Waals surface area contributed by atoms with Crippen molar-refractivity contribution in [2.75, 3.05) is 25.2 Å². The fourth-order valence-corrected chi connectivity index (χ4v) is 2.68. The van der Waals surface area contributed by atoms with Gasteiger partial charge in [-0.15, -0.1) is 6.58 Å². The molecule has 0 aromatic carbocycles. The van der Waals surface area contributed by atoms with Gasteiger partial charge in [0, 0.05) is 17.5 Å². The Morgan fingerprint density at radius 3 is 3.14 bits per heavy atom. The predicted molar refractivity (Wildman–Crippen MR) is 64.0 cm³/mol. The highest BCUT2D eigenvalue weighted by Crippen LogP contribution is 2.18. The lowest BCUT2D eigenvalue weighted by atomic mass is 10.1. The van der Waals surface area contributed by atoms with Gasteiger partial charge in [-0.2, -0.15) is 11.8 Å². The van der Waals surface area contributed by atoms with E-state index in [1.165, 1.54) is 12.8 Å². The van der Waals surface area contributed by atoms with E-state index in [-0.39, 0.29) is 0 Å². The highest BCUT2D eigenvalue weighted by Gasteiger charge is 2.22. The zero-order chi connectivity index (χ0) is 10.2. The molecule has 1 aliphatic heterocycles. The van der Waals surface area contributed by atoms with Crippen LogP contribution in [0.25, 0.3) is 0 Å². The van der Waals surface area contributed by atoms with Crippen LogP contribution >= 0.6 is 11.8 Å². The molecule has 82 valence electrons. The Morgan fingerprint density at radius 2 is 2.57 bits per heavy atom. The quantitative estimate of drug-likeness (QED) is 0.541. The van der Waals surface area contributed by atoms with Crippen LogP contribution < -0.4 is 5.32 Å². The largest absolute Gasteiger partial charge is 0.375 e. The average Bonchev–Trinajstić information content (AvgIpc) is 2.26. The molecule has 1 N–H and O–H groups in total. The molecule has 3 heteroatoms. The first-order valence-corrected chi connectivity index (χ1v) is 6.51. The summed E-state index contributed by atoms with van der Waals surface area (Å²) in [5.74, 6) is 2.29. The van der Waals surface area contributed by atoms with Gasteiger partial charge in [-0.05, 0) is 26.3 Å². The Kier molecular flexibility index (Phi) is 6.32. The summed E-state index contributed by atoms with van der Waals surface area (Å²) in [7, 11) is 2.03. The van der Waals surface area contributed by atoms with Crippen molar-refractivity contribution < 1.29 is 4.74 Å². The van der Waals surface area contributed by atoms with Crippen LogP contribution in [0.5, 0.6) is 0 Å². The van der Waals surface area contributed by atoms with Crippen molar-refractivity contribution in [2.24, 2.45) is 0 Å². The topological polar surface area (TPSA) is 21.3 Å². The van der Waals surface area contributed by atoms with Crippen molar-refractivity contribution in [3.05, 3.63) is 12.7 Å². The van der Waals surface area contributed by atoms with Crippen LogP contribution in [-0.2, 0) is 4.74 Å². The van der Waals surface area contributed by atoms with Crippen LogP contribution in [0.4, 0.5) is 0 Å². The summed E-state index contributed by atoms with van der Waals surface area (Å²) in [6, 6.07) is 0.516. The van der Waals surface area contributed by atoms with E-state index in [9.17, 15) is 0 Å². The van der Waals surface area contributed by atoms with Crippen molar-refractivity contribution in [1.29, 1.82) is 0 Å². The Balaban J connectivity index is 2.24. The van der Waals surface area contributed by atoms with Crippen LogP contribution in [0.3, 0.4) is 0 Å². The number of nitrogens with one attached hydrogen (secondary N) is 1. The van der Waals surface area contributed by atoms with E-state index in [0.29, 0.717) is 12.1 Å². The highest BCUT2D eigenvalue weighted by atomic mass is 32.2. The zero-order valence-corrected chi connectivity index (χ0v) is 9.81. The third kappa shape index (κ3) is 4.03. The SMILES string of the molecule is C=CCCCC(NC)C1CSCCO1. The van der Waals surface area contributed by atoms with Gasteiger partial charge in [-0.25, -0.2) is 0 Å². The molecule has 1 saturated heterocycles. The fraction of sp³-hybridized carbons (Fsp3) is 0.818. The monoisotopic (exact) mass is 215 g/mol. The molecule has 14 heavy (non-hydrogen) atoms. The molecule has 1 aliphatic rings. The molecule has 2 unspecified atom stereocenters. The summed E-state index contributed by atoms with van der Waals surface area (Å²) >= 11 is 2.00. The van der Waals surface area contributed by atoms with E-state index in [4.69, 9.17) is 4.74 Å². The second kappa shape index (κ2) is 7.32. The summed E-state index contributed by atoms with van der Waals surface area (Å²) in [4.78, 5) is 0. The maximum atomic E-state index is 5.75. The van der Waals surface area contributed by atoms with Crippen molar-refractivity contribution in [2.45, 2.75) is 31.4 Å². The maximum Gasteiger partial charge on any atom is 0.0818 e. The first kappa shape index (κ1) is 12.1. The molecular formula is C11H21NOS. The lowest BCUT2D eigenvalue weighted by Gasteiger charge is -2.29. The van der Waals surface area contributed by atoms with Gasteiger partial charge >= 0.3 is 0 Å². The molecule has 0 aromatic heterocycles. The second-order valence-corrected chi connectivity index (χ2v) is 4.75. The Hall–Kier alpha value is 0.01000. The summed E-state index contributed by atoms with van der Waals surface area (Å²) < 4.78 is 5.75. The van der Waals surface area contributed by atoms with Crippen LogP contribution in [-0.4, -0.2) is 37.3 Å². The maximum absolute atomic E-state index is 5.75. The number of thioether (sulfide) groups is 1. The van der Waals surface area contributed by atoms with Crippen LogP contribution in [0.15, 0.2) is 12.7 Å². The van der Waals surface area contributed by atoms with E-state index < -0.39 is 0 Å². The lowest BCUT2D eigenvalue weighted by molar-refractivity contribution is 0.0464. The summed E-state index contributed by atoms with van der Waals surface area (Å²) in [6.07, 6.45) is 5.90. The minimum atomic E-state index is 0.406. The van der Waals surface area contributed by atoms with Crippen molar-refractivity contribution in [3.63, 3.8) is 0 Å². The number of likely N-dealkylation sites (N-methyl/N-ethyl adjacent to an activating group) is 1. The number of hydrogen-bond donors (Lipinski definition) is 1. The minimum Gasteiger partial charge on any atom is -0.375 e. The van der Waals surface area contributed by atoms with Crippen molar-refractivity contribution in [3.8, 4) is 0 Å². The van der Waals surface area contributed by atoms with Gasteiger partial charge in [0.05, 0.1) is 12.7 Å². The van der Waals surface area contributed by atoms with Crippen LogP contribution in [0, 0.1) is 0 Å². The number of unbranched alkanes of at least 4 members (excludes halogenated alkanes) is 1. The molecule has 2 nitrogen and oxygen atoms in total. The van der Waals surface area contributed by atoms with Gasteiger partial charge in [-0.3, -0.25) is 0 Å². The van der Waals surface area contributed by atoms with Gasteiger partial charge in [0.15, 0.2) is 0 Å². The first-order valence-electron chi connectivity index (χ1n) is 5.36. The molecule has 0 bridgehead atoms. The van der Waals surface area contributed by atoms with E-state index in [1.54, 1.807) is 0 Å². The molecule has 1 rings (SSSR count). The van der Waals surface area contributed by atoms with E-state index in [2.05, 4.69) is 11.9 Å². The number of hydrogen-bond acceptors (Lipinski definition) is 3. The van der Waals surface area contributed by atoms with Gasteiger partial charge < -0.3 is 10.1 Å². The highest BCUT2D eigenvalue weighted by molar-refractivity contribution is 7.99. The fourth-order valence-electron chi connectivity index (χ4n) is 1.74. The number of ether oxygens (including phenoxy) is 1. The van der Waals surface area contributed by atoms with Crippen molar-refractivity contribution in [1.82, 2.24) is 5.32 Å². The van der Waals surface area contributed by atoms with E-state index in [0.717, 1.165) is 24.5 Å². The Labute approximate surface area is 91.5 Å². The molecule has 0 aliphatic carbocycles. The first-order chi connectivity index (χ1) is 6.88. The van der Waals surface area contributed by atoms with Gasteiger partial charge in [-0.1, -0.05) is 6.08 Å². The molecule has 2 atom stereocenters. The Bertz CT molecular complexity index is 157. The Morgan fingerprint density at radius 1 is 1.71 bits per heavy atom. The predicted octanol–water partition coefficient (Wildman–Crippen LogP) is 2.06. The number of allylic oxidation sites excluding steroid dienone is 1. The van der Waals surface area contributed by atoms with Gasteiger partial charge in [0.1, 0.15) is 0 Å². The minimum absolute atomic E-state index is 0.406. The molecular weight excluding hydrogens is 194 g/mol. The van der Waals surface area contributed by atoms with Crippen LogP contribution in [0.2, 0.25) is 0 Å². The molecule has 0 spiro atoms. The molecule has 0 amide bonds.